The fourth-order valence-corrected chi connectivity index (χ4v) is 2.08. The first kappa shape index (κ1) is 13.3. The molecule has 16 heavy (non-hydrogen) atoms. The van der Waals surface area contributed by atoms with Crippen LogP contribution < -0.4 is 5.73 Å². The smallest absolute Gasteiger partial charge is 0.173 e. The van der Waals surface area contributed by atoms with Crippen molar-refractivity contribution in [1.82, 2.24) is 0 Å². The molecule has 2 N–H and O–H groups in total. The molecule has 0 heterocycles. The number of allylic oxidation sites excluding steroid dienone is 1. The molecule has 1 aromatic carbocycles. The molecule has 1 nitrogen and oxygen atoms in total. The first-order valence-electron chi connectivity index (χ1n) is 5.07. The van der Waals surface area contributed by atoms with Crippen LogP contribution in [0.3, 0.4) is 0 Å². The largest absolute Gasteiger partial charge is 0.324 e. The predicted octanol–water partition coefficient (Wildman–Crippen LogP) is 4.08. The van der Waals surface area contributed by atoms with Gasteiger partial charge < -0.3 is 5.73 Å². The van der Waals surface area contributed by atoms with E-state index in [1.54, 1.807) is 0 Å². The summed E-state index contributed by atoms with van der Waals surface area (Å²) in [5.74, 6) is -1.74. The standard InChI is InChI=1S/C12H14BrF2N/c1-2-3-4-5-10(16)8-6-7-9(14)12(15)11(8)13/h2,6-7,10H,1,3-5,16H2. The monoisotopic (exact) mass is 289 g/mol. The van der Waals surface area contributed by atoms with E-state index in [4.69, 9.17) is 5.73 Å². The predicted molar refractivity (Wildman–Crippen MR) is 65.0 cm³/mol. The molecule has 1 aromatic rings. The second kappa shape index (κ2) is 6.11. The zero-order chi connectivity index (χ0) is 12.1. The Morgan fingerprint density at radius 2 is 2.12 bits per heavy atom. The first-order chi connectivity index (χ1) is 7.57. The van der Waals surface area contributed by atoms with E-state index in [0.29, 0.717) is 5.56 Å². The molecule has 0 aliphatic rings. The van der Waals surface area contributed by atoms with Crippen molar-refractivity contribution in [3.8, 4) is 0 Å². The fourth-order valence-electron chi connectivity index (χ4n) is 1.46. The van der Waals surface area contributed by atoms with E-state index >= 15 is 0 Å². The molecule has 0 fully saturated rings. The molecular formula is C12H14BrF2N. The van der Waals surface area contributed by atoms with E-state index < -0.39 is 11.6 Å². The van der Waals surface area contributed by atoms with E-state index in [0.717, 1.165) is 25.3 Å². The van der Waals surface area contributed by atoms with Crippen LogP contribution in [0.1, 0.15) is 30.9 Å². The summed E-state index contributed by atoms with van der Waals surface area (Å²) in [4.78, 5) is 0. The Morgan fingerprint density at radius 1 is 1.44 bits per heavy atom. The maximum Gasteiger partial charge on any atom is 0.173 e. The third kappa shape index (κ3) is 3.12. The third-order valence-corrected chi connectivity index (χ3v) is 3.19. The molecule has 1 atom stereocenters. The molecule has 4 heteroatoms. The summed E-state index contributed by atoms with van der Waals surface area (Å²) in [6.07, 6.45) is 4.29. The minimum atomic E-state index is -0.878. The molecule has 0 radical (unpaired) electrons. The molecule has 0 aliphatic heterocycles. The van der Waals surface area contributed by atoms with Crippen LogP contribution in [-0.2, 0) is 0 Å². The fraction of sp³-hybridized carbons (Fsp3) is 0.333. The number of hydrogen-bond donors (Lipinski definition) is 1. The quantitative estimate of drug-likeness (QED) is 0.493. The van der Waals surface area contributed by atoms with Crippen LogP contribution in [0.5, 0.6) is 0 Å². The highest BCUT2D eigenvalue weighted by atomic mass is 79.9. The lowest BCUT2D eigenvalue weighted by atomic mass is 10.0. The minimum Gasteiger partial charge on any atom is -0.324 e. The molecule has 0 amide bonds. The summed E-state index contributed by atoms with van der Waals surface area (Å²) in [6, 6.07) is 2.33. The maximum atomic E-state index is 13.2. The molecule has 0 spiro atoms. The Balaban J connectivity index is 2.79. The topological polar surface area (TPSA) is 26.0 Å². The molecule has 0 bridgehead atoms. The van der Waals surface area contributed by atoms with Crippen LogP contribution >= 0.6 is 15.9 Å². The highest BCUT2D eigenvalue weighted by Gasteiger charge is 2.15. The van der Waals surface area contributed by atoms with Gasteiger partial charge in [0.2, 0.25) is 0 Å². The van der Waals surface area contributed by atoms with E-state index in [-0.39, 0.29) is 10.5 Å². The van der Waals surface area contributed by atoms with E-state index in [2.05, 4.69) is 22.5 Å². The van der Waals surface area contributed by atoms with E-state index in [9.17, 15) is 8.78 Å². The summed E-state index contributed by atoms with van der Waals surface area (Å²) in [7, 11) is 0. The maximum absolute atomic E-state index is 13.2. The molecule has 0 aromatic heterocycles. The second-order valence-electron chi connectivity index (χ2n) is 3.59. The summed E-state index contributed by atoms with van der Waals surface area (Å²) < 4.78 is 26.2. The van der Waals surface area contributed by atoms with Gasteiger partial charge in [0.1, 0.15) is 0 Å². The van der Waals surface area contributed by atoms with Gasteiger partial charge in [0.15, 0.2) is 11.6 Å². The molecule has 0 aliphatic carbocycles. The highest BCUT2D eigenvalue weighted by Crippen LogP contribution is 2.29. The number of benzene rings is 1. The van der Waals surface area contributed by atoms with Crippen molar-refractivity contribution < 1.29 is 8.78 Å². The SMILES string of the molecule is C=CCCCC(N)c1ccc(F)c(F)c1Br. The van der Waals surface area contributed by atoms with Crippen molar-refractivity contribution in [2.24, 2.45) is 5.73 Å². The number of hydrogen-bond acceptors (Lipinski definition) is 1. The molecule has 1 unspecified atom stereocenters. The van der Waals surface area contributed by atoms with E-state index in [1.165, 1.54) is 6.07 Å². The van der Waals surface area contributed by atoms with Gasteiger partial charge in [0.05, 0.1) is 4.47 Å². The normalized spacial score (nSPS) is 12.5. The van der Waals surface area contributed by atoms with Gasteiger partial charge in [-0.3, -0.25) is 0 Å². The van der Waals surface area contributed by atoms with Crippen LogP contribution in [0.2, 0.25) is 0 Å². The van der Waals surface area contributed by atoms with Crippen molar-refractivity contribution >= 4 is 15.9 Å². The Labute approximate surface area is 102 Å². The lowest BCUT2D eigenvalue weighted by molar-refractivity contribution is 0.498. The van der Waals surface area contributed by atoms with Gasteiger partial charge in [-0.1, -0.05) is 12.1 Å². The lowest BCUT2D eigenvalue weighted by Gasteiger charge is -2.14. The summed E-state index contributed by atoms with van der Waals surface area (Å²) >= 11 is 3.03. The zero-order valence-electron chi connectivity index (χ0n) is 8.85. The molecule has 1 rings (SSSR count). The zero-order valence-corrected chi connectivity index (χ0v) is 10.4. The molecular weight excluding hydrogens is 276 g/mol. The van der Waals surface area contributed by atoms with Gasteiger partial charge in [0.25, 0.3) is 0 Å². The van der Waals surface area contributed by atoms with Crippen molar-refractivity contribution in [2.75, 3.05) is 0 Å². The number of halogens is 3. The van der Waals surface area contributed by atoms with Crippen molar-refractivity contribution in [3.05, 3.63) is 46.5 Å². The number of rotatable bonds is 5. The number of unbranched alkanes of at least 4 members (excludes halogenated alkanes) is 1. The van der Waals surface area contributed by atoms with Crippen LogP contribution in [0.25, 0.3) is 0 Å². The Kier molecular flexibility index (Phi) is 5.09. The summed E-state index contributed by atoms with van der Waals surface area (Å²) in [6.45, 7) is 3.61. The third-order valence-electron chi connectivity index (χ3n) is 2.39. The van der Waals surface area contributed by atoms with Crippen molar-refractivity contribution in [3.63, 3.8) is 0 Å². The summed E-state index contributed by atoms with van der Waals surface area (Å²) in [5, 5.41) is 0. The van der Waals surface area contributed by atoms with E-state index in [1.807, 2.05) is 6.08 Å². The number of nitrogens with two attached hydrogens (primary N) is 1. The van der Waals surface area contributed by atoms with Crippen molar-refractivity contribution in [1.29, 1.82) is 0 Å². The average molecular weight is 290 g/mol. The molecule has 0 saturated carbocycles. The van der Waals surface area contributed by atoms with Crippen LogP contribution in [0, 0.1) is 11.6 Å². The van der Waals surface area contributed by atoms with Crippen LogP contribution in [0.15, 0.2) is 29.3 Å². The second-order valence-corrected chi connectivity index (χ2v) is 4.38. The molecule has 88 valence electrons. The Morgan fingerprint density at radius 3 is 2.75 bits per heavy atom. The van der Waals surface area contributed by atoms with Crippen molar-refractivity contribution in [2.45, 2.75) is 25.3 Å². The van der Waals surface area contributed by atoms with Crippen LogP contribution in [0.4, 0.5) is 8.78 Å². The van der Waals surface area contributed by atoms with Gasteiger partial charge in [-0.25, -0.2) is 8.78 Å². The average Bonchev–Trinajstić information content (AvgIpc) is 2.26. The van der Waals surface area contributed by atoms with Gasteiger partial charge in [0, 0.05) is 6.04 Å². The molecule has 0 saturated heterocycles. The Bertz CT molecular complexity index is 380. The van der Waals surface area contributed by atoms with Gasteiger partial charge >= 0.3 is 0 Å². The lowest BCUT2D eigenvalue weighted by Crippen LogP contribution is -2.11. The Hall–Kier alpha value is -0.740. The minimum absolute atomic E-state index is 0.124. The first-order valence-corrected chi connectivity index (χ1v) is 5.87. The van der Waals surface area contributed by atoms with Crippen LogP contribution in [-0.4, -0.2) is 0 Å². The van der Waals surface area contributed by atoms with Gasteiger partial charge in [-0.15, -0.1) is 6.58 Å². The van der Waals surface area contributed by atoms with Gasteiger partial charge in [-0.2, -0.15) is 0 Å². The van der Waals surface area contributed by atoms with Gasteiger partial charge in [-0.05, 0) is 46.8 Å². The highest BCUT2D eigenvalue weighted by molar-refractivity contribution is 9.10. The summed E-state index contributed by atoms with van der Waals surface area (Å²) in [5.41, 5.74) is 6.50.